The first-order valence-corrected chi connectivity index (χ1v) is 8.93. The van der Waals surface area contributed by atoms with Gasteiger partial charge in [-0.15, -0.1) is 0 Å². The summed E-state index contributed by atoms with van der Waals surface area (Å²) in [6, 6.07) is 0. The van der Waals surface area contributed by atoms with Gasteiger partial charge in [-0.2, -0.15) is 17.4 Å². The Balaban J connectivity index is 1.89. The first-order valence-electron chi connectivity index (χ1n) is 7.49. The molecule has 1 heterocycles. The van der Waals surface area contributed by atoms with Crippen molar-refractivity contribution in [3.8, 4) is 0 Å². The lowest BCUT2D eigenvalue weighted by Crippen LogP contribution is -2.49. The van der Waals surface area contributed by atoms with Crippen LogP contribution in [0.25, 0.3) is 0 Å². The van der Waals surface area contributed by atoms with Crippen molar-refractivity contribution in [3.63, 3.8) is 0 Å². The molecule has 0 spiro atoms. The van der Waals surface area contributed by atoms with Gasteiger partial charge in [0, 0.05) is 19.6 Å². The van der Waals surface area contributed by atoms with Gasteiger partial charge in [0.05, 0.1) is 5.60 Å². The summed E-state index contributed by atoms with van der Waals surface area (Å²) in [5.74, 6) is 0. The fourth-order valence-electron chi connectivity index (χ4n) is 2.99. The minimum absolute atomic E-state index is 0.159. The Morgan fingerprint density at radius 3 is 2.05 bits per heavy atom. The van der Waals surface area contributed by atoms with E-state index < -0.39 is 15.8 Å². The quantitative estimate of drug-likeness (QED) is 0.822. The van der Waals surface area contributed by atoms with Crippen molar-refractivity contribution in [1.29, 1.82) is 0 Å². The number of nitrogens with one attached hydrogen (secondary N) is 1. The van der Waals surface area contributed by atoms with E-state index in [4.69, 9.17) is 0 Å². The van der Waals surface area contributed by atoms with E-state index in [0.29, 0.717) is 25.9 Å². The second-order valence-electron chi connectivity index (χ2n) is 5.92. The molecular formula is C13H26N2O3S. The summed E-state index contributed by atoms with van der Waals surface area (Å²) in [6.45, 7) is 1.37. The average Bonchev–Trinajstić information content (AvgIpc) is 2.67. The molecule has 2 N–H and O–H groups in total. The largest absolute Gasteiger partial charge is 0.389 e. The van der Waals surface area contributed by atoms with Crippen molar-refractivity contribution in [3.05, 3.63) is 0 Å². The Labute approximate surface area is 116 Å². The Bertz CT molecular complexity index is 369. The highest BCUT2D eigenvalue weighted by molar-refractivity contribution is 7.87. The summed E-state index contributed by atoms with van der Waals surface area (Å²) in [5, 5.41) is 10.3. The molecule has 1 aliphatic heterocycles. The topological polar surface area (TPSA) is 69.6 Å². The molecule has 1 saturated carbocycles. The van der Waals surface area contributed by atoms with Gasteiger partial charge in [-0.1, -0.05) is 32.1 Å². The fourth-order valence-corrected chi connectivity index (χ4v) is 4.36. The molecular weight excluding hydrogens is 264 g/mol. The van der Waals surface area contributed by atoms with Crippen molar-refractivity contribution in [2.75, 3.05) is 19.6 Å². The van der Waals surface area contributed by atoms with Crippen molar-refractivity contribution < 1.29 is 13.5 Å². The van der Waals surface area contributed by atoms with Gasteiger partial charge >= 0.3 is 0 Å². The second-order valence-corrected chi connectivity index (χ2v) is 7.68. The molecule has 112 valence electrons. The lowest BCUT2D eigenvalue weighted by molar-refractivity contribution is 0.00914. The van der Waals surface area contributed by atoms with E-state index >= 15 is 0 Å². The lowest BCUT2D eigenvalue weighted by Gasteiger charge is -2.33. The molecule has 0 aromatic rings. The molecule has 0 atom stereocenters. The van der Waals surface area contributed by atoms with Gasteiger partial charge in [0.15, 0.2) is 0 Å². The van der Waals surface area contributed by atoms with Gasteiger partial charge in [0.25, 0.3) is 10.2 Å². The van der Waals surface area contributed by atoms with Crippen LogP contribution in [-0.4, -0.2) is 43.1 Å². The first kappa shape index (κ1) is 15.2. The Morgan fingerprint density at radius 1 is 0.947 bits per heavy atom. The second kappa shape index (κ2) is 6.52. The maximum atomic E-state index is 12.2. The smallest absolute Gasteiger partial charge is 0.279 e. The molecule has 0 amide bonds. The summed E-state index contributed by atoms with van der Waals surface area (Å²) in [6.07, 6.45) is 8.61. The summed E-state index contributed by atoms with van der Waals surface area (Å²) >= 11 is 0. The third kappa shape index (κ3) is 4.41. The predicted octanol–water partition coefficient (Wildman–Crippen LogP) is 1.39. The van der Waals surface area contributed by atoms with Crippen LogP contribution in [0.3, 0.4) is 0 Å². The molecule has 1 aliphatic carbocycles. The summed E-state index contributed by atoms with van der Waals surface area (Å²) in [4.78, 5) is 0. The number of hydrogen-bond donors (Lipinski definition) is 2. The third-order valence-electron chi connectivity index (χ3n) is 4.27. The summed E-state index contributed by atoms with van der Waals surface area (Å²) in [5.41, 5.74) is -0.836. The van der Waals surface area contributed by atoms with E-state index in [2.05, 4.69) is 4.72 Å². The minimum atomic E-state index is -3.42. The highest BCUT2D eigenvalue weighted by Gasteiger charge is 2.32. The standard InChI is InChI=1S/C13H26N2O3S/c16-13(8-4-3-5-9-13)12-14-19(17,18)15-10-6-1-2-7-11-15/h14,16H,1-12H2. The van der Waals surface area contributed by atoms with Crippen LogP contribution in [0.2, 0.25) is 0 Å². The van der Waals surface area contributed by atoms with Crippen LogP contribution in [0.15, 0.2) is 0 Å². The van der Waals surface area contributed by atoms with E-state index in [0.717, 1.165) is 44.9 Å². The van der Waals surface area contributed by atoms with Crippen LogP contribution in [0.1, 0.15) is 57.8 Å². The predicted molar refractivity (Wildman–Crippen MR) is 75.0 cm³/mol. The van der Waals surface area contributed by atoms with Crippen LogP contribution < -0.4 is 4.72 Å². The number of hydrogen-bond acceptors (Lipinski definition) is 3. The van der Waals surface area contributed by atoms with Gasteiger partial charge in [0.2, 0.25) is 0 Å². The van der Waals surface area contributed by atoms with E-state index in [1.807, 2.05) is 0 Å². The lowest BCUT2D eigenvalue weighted by atomic mass is 9.85. The Morgan fingerprint density at radius 2 is 1.47 bits per heavy atom. The average molecular weight is 290 g/mol. The zero-order valence-corrected chi connectivity index (χ0v) is 12.4. The van der Waals surface area contributed by atoms with E-state index in [1.54, 1.807) is 0 Å². The molecule has 5 nitrogen and oxygen atoms in total. The van der Waals surface area contributed by atoms with Gasteiger partial charge in [-0.3, -0.25) is 0 Å². The van der Waals surface area contributed by atoms with Gasteiger partial charge in [-0.05, 0) is 25.7 Å². The molecule has 2 aliphatic rings. The maximum Gasteiger partial charge on any atom is 0.279 e. The first-order chi connectivity index (χ1) is 9.02. The van der Waals surface area contributed by atoms with Crippen LogP contribution in [0, 0.1) is 0 Å². The maximum absolute atomic E-state index is 12.2. The molecule has 2 fully saturated rings. The van der Waals surface area contributed by atoms with E-state index in [9.17, 15) is 13.5 Å². The molecule has 0 unspecified atom stereocenters. The van der Waals surface area contributed by atoms with Crippen LogP contribution in [-0.2, 0) is 10.2 Å². The van der Waals surface area contributed by atoms with Crippen molar-refractivity contribution in [2.24, 2.45) is 0 Å². The normalized spacial score (nSPS) is 25.9. The molecule has 0 aromatic carbocycles. The Hall–Kier alpha value is -0.170. The molecule has 19 heavy (non-hydrogen) atoms. The Kier molecular flexibility index (Phi) is 5.22. The molecule has 2 rings (SSSR count). The van der Waals surface area contributed by atoms with Crippen LogP contribution >= 0.6 is 0 Å². The molecule has 0 aromatic heterocycles. The highest BCUT2D eigenvalue weighted by atomic mass is 32.2. The van der Waals surface area contributed by atoms with E-state index in [-0.39, 0.29) is 6.54 Å². The van der Waals surface area contributed by atoms with Crippen molar-refractivity contribution in [2.45, 2.75) is 63.4 Å². The number of nitrogens with zero attached hydrogens (tertiary/aromatic N) is 1. The van der Waals surface area contributed by atoms with E-state index in [1.165, 1.54) is 4.31 Å². The molecule has 0 radical (unpaired) electrons. The molecule has 0 bridgehead atoms. The van der Waals surface area contributed by atoms with Crippen LogP contribution in [0.4, 0.5) is 0 Å². The minimum Gasteiger partial charge on any atom is -0.389 e. The van der Waals surface area contributed by atoms with Crippen molar-refractivity contribution in [1.82, 2.24) is 9.03 Å². The van der Waals surface area contributed by atoms with Crippen LogP contribution in [0.5, 0.6) is 0 Å². The number of aliphatic hydroxyl groups is 1. The zero-order valence-electron chi connectivity index (χ0n) is 11.6. The van der Waals surface area contributed by atoms with Gasteiger partial charge < -0.3 is 5.11 Å². The third-order valence-corrected chi connectivity index (χ3v) is 5.83. The SMILES string of the molecule is O=S(=O)(NCC1(O)CCCCC1)N1CCCCCC1. The van der Waals surface area contributed by atoms with Gasteiger partial charge in [0.1, 0.15) is 0 Å². The highest BCUT2D eigenvalue weighted by Crippen LogP contribution is 2.27. The monoisotopic (exact) mass is 290 g/mol. The molecule has 6 heteroatoms. The number of rotatable bonds is 4. The molecule has 1 saturated heterocycles. The van der Waals surface area contributed by atoms with Crippen molar-refractivity contribution >= 4 is 10.2 Å². The summed E-state index contributed by atoms with van der Waals surface area (Å²) in [7, 11) is -3.42. The van der Waals surface area contributed by atoms with Gasteiger partial charge in [-0.25, -0.2) is 0 Å². The summed E-state index contributed by atoms with van der Waals surface area (Å²) < 4.78 is 28.6. The fraction of sp³-hybridized carbons (Fsp3) is 1.00. The zero-order chi connectivity index (χ0) is 13.8.